The number of nitrogens with zero attached hydrogens (tertiary/aromatic N) is 2. The molecule has 7 heteroatoms. The molecule has 28 heavy (non-hydrogen) atoms. The van der Waals surface area contributed by atoms with Crippen LogP contribution in [-0.2, 0) is 11.3 Å². The van der Waals surface area contributed by atoms with Gasteiger partial charge in [-0.2, -0.15) is 0 Å². The lowest BCUT2D eigenvalue weighted by Gasteiger charge is -2.27. The average molecular weight is 411 g/mol. The average Bonchev–Trinajstić information content (AvgIpc) is 3.33. The summed E-state index contributed by atoms with van der Waals surface area (Å²) in [6.07, 6.45) is 3.27. The fourth-order valence-corrected chi connectivity index (χ4v) is 4.07. The van der Waals surface area contributed by atoms with Crippen LogP contribution in [0.1, 0.15) is 26.8 Å². The zero-order valence-electron chi connectivity index (χ0n) is 14.6. The molecule has 1 unspecified atom stereocenters. The molecule has 4 rings (SSSR count). The molecule has 1 amide bonds. The molecule has 0 saturated carbocycles. The van der Waals surface area contributed by atoms with Gasteiger partial charge in [0.05, 0.1) is 16.5 Å². The van der Waals surface area contributed by atoms with E-state index in [4.69, 9.17) is 11.6 Å². The van der Waals surface area contributed by atoms with Gasteiger partial charge in [-0.1, -0.05) is 29.8 Å². The molecular formula is C21H15ClN2O3S. The van der Waals surface area contributed by atoms with E-state index in [9.17, 15) is 14.7 Å². The molecular weight excluding hydrogens is 396 g/mol. The van der Waals surface area contributed by atoms with E-state index >= 15 is 0 Å². The smallest absolute Gasteiger partial charge is 0.290 e. The van der Waals surface area contributed by atoms with Crippen molar-refractivity contribution >= 4 is 34.6 Å². The first-order valence-electron chi connectivity index (χ1n) is 8.53. The molecule has 1 aromatic carbocycles. The zero-order chi connectivity index (χ0) is 19.7. The second-order valence-corrected chi connectivity index (χ2v) is 7.70. The molecule has 5 nitrogen and oxygen atoms in total. The van der Waals surface area contributed by atoms with Gasteiger partial charge in [0.2, 0.25) is 5.78 Å². The first-order chi connectivity index (χ1) is 13.6. The van der Waals surface area contributed by atoms with Gasteiger partial charge >= 0.3 is 0 Å². The maximum Gasteiger partial charge on any atom is 0.290 e. The van der Waals surface area contributed by atoms with Crippen molar-refractivity contribution in [3.8, 4) is 0 Å². The quantitative estimate of drug-likeness (QED) is 0.625. The number of Topliss-reactive ketones (excluding diaryl/α,β-unsaturated/α-hetero) is 1. The first-order valence-corrected chi connectivity index (χ1v) is 9.78. The Kier molecular flexibility index (Phi) is 4.98. The highest BCUT2D eigenvalue weighted by Crippen LogP contribution is 2.40. The number of aromatic nitrogens is 1. The minimum absolute atomic E-state index is 0.0869. The molecule has 0 radical (unpaired) electrons. The standard InChI is InChI=1S/C21H15ClN2O3S/c22-15-5-3-14(4-6-15)18-17(19(25)16-2-1-11-28-16)20(26)21(27)24(18)12-13-7-9-23-10-8-13/h1-11,18,26H,12H2. The van der Waals surface area contributed by atoms with Gasteiger partial charge in [0.15, 0.2) is 5.76 Å². The van der Waals surface area contributed by atoms with Gasteiger partial charge in [-0.05, 0) is 46.8 Å². The van der Waals surface area contributed by atoms with Crippen molar-refractivity contribution in [1.82, 2.24) is 9.88 Å². The number of thiophene rings is 1. The Bertz CT molecular complexity index is 1050. The lowest BCUT2D eigenvalue weighted by molar-refractivity contribution is -0.130. The van der Waals surface area contributed by atoms with E-state index in [1.165, 1.54) is 16.2 Å². The lowest BCUT2D eigenvalue weighted by atomic mass is 9.95. The van der Waals surface area contributed by atoms with Crippen molar-refractivity contribution in [2.24, 2.45) is 0 Å². The SMILES string of the molecule is O=C(C1=C(O)C(=O)N(Cc2ccncc2)C1c1ccc(Cl)cc1)c1cccs1. The number of halogens is 1. The minimum Gasteiger partial charge on any atom is -0.503 e. The van der Waals surface area contributed by atoms with Crippen molar-refractivity contribution in [3.63, 3.8) is 0 Å². The summed E-state index contributed by atoms with van der Waals surface area (Å²) in [6.45, 7) is 0.236. The number of benzene rings is 1. The summed E-state index contributed by atoms with van der Waals surface area (Å²) in [4.78, 5) is 31.9. The van der Waals surface area contributed by atoms with Gasteiger partial charge in [0.25, 0.3) is 5.91 Å². The molecule has 0 bridgehead atoms. The molecule has 0 aliphatic carbocycles. The molecule has 2 aromatic heterocycles. The van der Waals surface area contributed by atoms with Crippen molar-refractivity contribution < 1.29 is 14.7 Å². The van der Waals surface area contributed by atoms with E-state index in [0.717, 1.165) is 5.56 Å². The van der Waals surface area contributed by atoms with Gasteiger partial charge in [0.1, 0.15) is 0 Å². The minimum atomic E-state index is -0.701. The van der Waals surface area contributed by atoms with Crippen LogP contribution in [0.15, 0.2) is 77.6 Å². The first kappa shape index (κ1) is 18.4. The molecule has 3 heterocycles. The zero-order valence-corrected chi connectivity index (χ0v) is 16.2. The van der Waals surface area contributed by atoms with Crippen LogP contribution >= 0.6 is 22.9 Å². The molecule has 1 aliphatic heterocycles. The lowest BCUT2D eigenvalue weighted by Crippen LogP contribution is -2.30. The fourth-order valence-electron chi connectivity index (χ4n) is 3.27. The number of carbonyl (C=O) groups is 2. The van der Waals surface area contributed by atoms with Gasteiger partial charge in [-0.15, -0.1) is 11.3 Å². The van der Waals surface area contributed by atoms with Crippen LogP contribution in [-0.4, -0.2) is 26.7 Å². The number of hydrogen-bond donors (Lipinski definition) is 1. The van der Waals surface area contributed by atoms with Crippen LogP contribution in [0, 0.1) is 0 Å². The Morgan fingerprint density at radius 3 is 2.50 bits per heavy atom. The predicted molar refractivity (Wildman–Crippen MR) is 107 cm³/mol. The highest BCUT2D eigenvalue weighted by atomic mass is 35.5. The second-order valence-electron chi connectivity index (χ2n) is 6.31. The maximum absolute atomic E-state index is 13.1. The Morgan fingerprint density at radius 1 is 1.14 bits per heavy atom. The Balaban J connectivity index is 1.79. The molecule has 0 saturated heterocycles. The fraction of sp³-hybridized carbons (Fsp3) is 0.0952. The van der Waals surface area contributed by atoms with Crippen LogP contribution < -0.4 is 0 Å². The summed E-state index contributed by atoms with van der Waals surface area (Å²) < 4.78 is 0. The Hall–Kier alpha value is -2.96. The third-order valence-electron chi connectivity index (χ3n) is 4.58. The van der Waals surface area contributed by atoms with Crippen molar-refractivity contribution in [1.29, 1.82) is 0 Å². The second kappa shape index (κ2) is 7.58. The van der Waals surface area contributed by atoms with Crippen LogP contribution in [0.2, 0.25) is 5.02 Å². The predicted octanol–water partition coefficient (Wildman–Crippen LogP) is 4.58. The van der Waals surface area contributed by atoms with E-state index in [-0.39, 0.29) is 17.9 Å². The third-order valence-corrected chi connectivity index (χ3v) is 5.70. The van der Waals surface area contributed by atoms with E-state index in [1.54, 1.807) is 66.3 Å². The van der Waals surface area contributed by atoms with E-state index in [0.29, 0.717) is 15.5 Å². The van der Waals surface area contributed by atoms with Gasteiger partial charge < -0.3 is 10.0 Å². The summed E-state index contributed by atoms with van der Waals surface area (Å²) >= 11 is 7.28. The Labute approximate surface area is 170 Å². The molecule has 0 spiro atoms. The largest absolute Gasteiger partial charge is 0.503 e. The van der Waals surface area contributed by atoms with Gasteiger partial charge in [-0.3, -0.25) is 14.6 Å². The van der Waals surface area contributed by atoms with Crippen LogP contribution in [0.5, 0.6) is 0 Å². The van der Waals surface area contributed by atoms with Gasteiger partial charge in [0, 0.05) is 24.0 Å². The maximum atomic E-state index is 13.1. The normalized spacial score (nSPS) is 16.7. The summed E-state index contributed by atoms with van der Waals surface area (Å²) in [5.74, 6) is -1.43. The summed E-state index contributed by atoms with van der Waals surface area (Å²) in [5, 5.41) is 12.9. The van der Waals surface area contributed by atoms with E-state index < -0.39 is 17.7 Å². The molecule has 140 valence electrons. The summed E-state index contributed by atoms with van der Waals surface area (Å²) in [6, 6.07) is 13.3. The number of aliphatic hydroxyl groups excluding tert-OH is 1. The highest BCUT2D eigenvalue weighted by molar-refractivity contribution is 7.12. The third kappa shape index (κ3) is 3.32. The molecule has 1 N–H and O–H groups in total. The number of pyridine rings is 1. The molecule has 3 aromatic rings. The number of aliphatic hydroxyl groups is 1. The van der Waals surface area contributed by atoms with E-state index in [1.807, 2.05) is 0 Å². The number of ketones is 1. The monoisotopic (exact) mass is 410 g/mol. The van der Waals surface area contributed by atoms with Crippen LogP contribution in [0.3, 0.4) is 0 Å². The van der Waals surface area contributed by atoms with E-state index in [2.05, 4.69) is 4.98 Å². The van der Waals surface area contributed by atoms with Crippen LogP contribution in [0.25, 0.3) is 0 Å². The topological polar surface area (TPSA) is 70.5 Å². The molecule has 1 aliphatic rings. The molecule has 1 atom stereocenters. The van der Waals surface area contributed by atoms with Crippen LogP contribution in [0.4, 0.5) is 0 Å². The molecule has 0 fully saturated rings. The number of carbonyl (C=O) groups excluding carboxylic acids is 2. The van der Waals surface area contributed by atoms with Gasteiger partial charge in [-0.25, -0.2) is 0 Å². The Morgan fingerprint density at radius 2 is 1.86 bits per heavy atom. The van der Waals surface area contributed by atoms with Crippen molar-refractivity contribution in [2.45, 2.75) is 12.6 Å². The highest BCUT2D eigenvalue weighted by Gasteiger charge is 2.43. The summed E-state index contributed by atoms with van der Waals surface area (Å²) in [5.41, 5.74) is 1.64. The number of hydrogen-bond acceptors (Lipinski definition) is 5. The summed E-state index contributed by atoms with van der Waals surface area (Å²) in [7, 11) is 0. The number of amides is 1. The van der Waals surface area contributed by atoms with Crippen molar-refractivity contribution in [3.05, 3.63) is 98.7 Å². The van der Waals surface area contributed by atoms with Crippen molar-refractivity contribution in [2.75, 3.05) is 0 Å². The number of rotatable bonds is 5.